The summed E-state index contributed by atoms with van der Waals surface area (Å²) in [5.41, 5.74) is 8.09. The molecule has 2 N–H and O–H groups in total. The van der Waals surface area contributed by atoms with E-state index >= 15 is 0 Å². The molecule has 1 aromatic carbocycles. The fourth-order valence-corrected chi connectivity index (χ4v) is 3.96. The molecule has 0 spiro atoms. The normalized spacial score (nSPS) is 19.9. The van der Waals surface area contributed by atoms with Crippen molar-refractivity contribution >= 4 is 27.1 Å². The van der Waals surface area contributed by atoms with Gasteiger partial charge in [0.1, 0.15) is 0 Å². The Morgan fingerprint density at radius 2 is 2.00 bits per heavy atom. The van der Waals surface area contributed by atoms with Crippen LogP contribution in [-0.4, -0.2) is 39.1 Å². The van der Waals surface area contributed by atoms with E-state index in [1.165, 1.54) is 0 Å². The van der Waals surface area contributed by atoms with Crippen LogP contribution in [0.2, 0.25) is 5.02 Å². The van der Waals surface area contributed by atoms with Crippen LogP contribution in [0.3, 0.4) is 0 Å². The molecule has 4 nitrogen and oxygen atoms in total. The van der Waals surface area contributed by atoms with Gasteiger partial charge >= 0.3 is 0 Å². The molecule has 2 rings (SSSR count). The third-order valence-corrected chi connectivity index (χ3v) is 5.65. The van der Waals surface area contributed by atoms with E-state index in [0.717, 1.165) is 24.1 Å². The molecule has 0 aliphatic carbocycles. The molecule has 6 heteroatoms. The van der Waals surface area contributed by atoms with Gasteiger partial charge in [-0.15, -0.1) is 0 Å². The zero-order chi connectivity index (χ0) is 14.8. The van der Waals surface area contributed by atoms with Crippen molar-refractivity contribution in [2.24, 2.45) is 5.73 Å². The molecule has 0 aromatic heterocycles. The number of hydrogen-bond acceptors (Lipinski definition) is 4. The number of rotatable bonds is 4. The SMILES string of the molecule is CCC(N)Cc1cccc(Cl)c1N1CCS(=O)(=O)CC1. The van der Waals surface area contributed by atoms with Crippen molar-refractivity contribution in [2.45, 2.75) is 25.8 Å². The molecule has 1 aliphatic heterocycles. The van der Waals surface area contributed by atoms with Crippen LogP contribution in [0.5, 0.6) is 0 Å². The Bertz CT molecular complexity index is 561. The van der Waals surface area contributed by atoms with Gasteiger partial charge in [-0.2, -0.15) is 0 Å². The van der Waals surface area contributed by atoms with Crippen LogP contribution in [0.1, 0.15) is 18.9 Å². The van der Waals surface area contributed by atoms with Crippen LogP contribution in [0.25, 0.3) is 0 Å². The topological polar surface area (TPSA) is 63.4 Å². The third kappa shape index (κ3) is 3.65. The van der Waals surface area contributed by atoms with Crippen LogP contribution >= 0.6 is 11.6 Å². The standard InChI is InChI=1S/C14H21ClN2O2S/c1-2-12(16)10-11-4-3-5-13(15)14(11)17-6-8-20(18,19)9-7-17/h3-5,12H,2,6-10,16H2,1H3. The first-order chi connectivity index (χ1) is 9.43. The van der Waals surface area contributed by atoms with Crippen LogP contribution < -0.4 is 10.6 Å². The van der Waals surface area contributed by atoms with Crippen molar-refractivity contribution in [3.63, 3.8) is 0 Å². The third-order valence-electron chi connectivity index (χ3n) is 3.74. The van der Waals surface area contributed by atoms with Gasteiger partial charge in [0.15, 0.2) is 9.84 Å². The minimum atomic E-state index is -2.89. The van der Waals surface area contributed by atoms with E-state index < -0.39 is 9.84 Å². The molecular weight excluding hydrogens is 296 g/mol. The molecule has 1 aliphatic rings. The summed E-state index contributed by atoms with van der Waals surface area (Å²) in [6, 6.07) is 5.89. The van der Waals surface area contributed by atoms with E-state index in [4.69, 9.17) is 17.3 Å². The van der Waals surface area contributed by atoms with Gasteiger partial charge in [0.25, 0.3) is 0 Å². The first-order valence-electron chi connectivity index (χ1n) is 6.91. The van der Waals surface area contributed by atoms with Crippen molar-refractivity contribution in [1.29, 1.82) is 0 Å². The van der Waals surface area contributed by atoms with E-state index in [1.807, 2.05) is 18.2 Å². The highest BCUT2D eigenvalue weighted by atomic mass is 35.5. The van der Waals surface area contributed by atoms with E-state index in [0.29, 0.717) is 18.1 Å². The number of anilines is 1. The molecule has 1 unspecified atom stereocenters. The second kappa shape index (κ2) is 6.33. The fourth-order valence-electron chi connectivity index (χ4n) is 2.44. The maximum absolute atomic E-state index is 11.5. The number of nitrogens with two attached hydrogens (primary N) is 1. The first kappa shape index (κ1) is 15.6. The Hall–Kier alpha value is -0.780. The van der Waals surface area contributed by atoms with Gasteiger partial charge in [0.2, 0.25) is 0 Å². The van der Waals surface area contributed by atoms with E-state index in [2.05, 4.69) is 11.8 Å². The molecule has 112 valence electrons. The lowest BCUT2D eigenvalue weighted by Gasteiger charge is -2.31. The Morgan fingerprint density at radius 1 is 1.35 bits per heavy atom. The number of benzene rings is 1. The van der Waals surface area contributed by atoms with Crippen molar-refractivity contribution in [2.75, 3.05) is 29.5 Å². The Kier molecular flexibility index (Phi) is 4.94. The second-order valence-corrected chi connectivity index (χ2v) is 7.97. The summed E-state index contributed by atoms with van der Waals surface area (Å²) in [4.78, 5) is 2.07. The van der Waals surface area contributed by atoms with Crippen LogP contribution in [0.15, 0.2) is 18.2 Å². The van der Waals surface area contributed by atoms with E-state index in [-0.39, 0.29) is 17.5 Å². The molecule has 1 fully saturated rings. The Morgan fingerprint density at radius 3 is 2.60 bits per heavy atom. The van der Waals surface area contributed by atoms with E-state index in [9.17, 15) is 8.42 Å². The summed E-state index contributed by atoms with van der Waals surface area (Å²) in [7, 11) is -2.89. The lowest BCUT2D eigenvalue weighted by Crippen LogP contribution is -2.41. The molecule has 0 saturated carbocycles. The summed E-state index contributed by atoms with van der Waals surface area (Å²) in [6.45, 7) is 3.06. The van der Waals surface area contributed by atoms with Crippen molar-refractivity contribution in [3.05, 3.63) is 28.8 Å². The number of nitrogens with zero attached hydrogens (tertiary/aromatic N) is 1. The molecular formula is C14H21ClN2O2S. The van der Waals surface area contributed by atoms with Gasteiger partial charge in [-0.05, 0) is 24.5 Å². The van der Waals surface area contributed by atoms with Gasteiger partial charge in [0.05, 0.1) is 22.2 Å². The number of halogens is 1. The molecule has 0 bridgehead atoms. The fraction of sp³-hybridized carbons (Fsp3) is 0.571. The zero-order valence-corrected chi connectivity index (χ0v) is 13.3. The Balaban J connectivity index is 2.26. The number of hydrogen-bond donors (Lipinski definition) is 1. The van der Waals surface area contributed by atoms with Gasteiger partial charge in [-0.3, -0.25) is 0 Å². The molecule has 1 heterocycles. The number of para-hydroxylation sites is 1. The first-order valence-corrected chi connectivity index (χ1v) is 9.11. The highest BCUT2D eigenvalue weighted by molar-refractivity contribution is 7.91. The second-order valence-electron chi connectivity index (χ2n) is 5.26. The lowest BCUT2D eigenvalue weighted by atomic mass is 10.0. The minimum Gasteiger partial charge on any atom is -0.368 e. The summed E-state index contributed by atoms with van der Waals surface area (Å²) in [5, 5.41) is 0.671. The quantitative estimate of drug-likeness (QED) is 0.921. The molecule has 1 aromatic rings. The highest BCUT2D eigenvalue weighted by Gasteiger charge is 2.24. The van der Waals surface area contributed by atoms with Gasteiger partial charge in [-0.25, -0.2) is 8.42 Å². The van der Waals surface area contributed by atoms with E-state index in [1.54, 1.807) is 0 Å². The number of sulfone groups is 1. The summed E-state index contributed by atoms with van der Waals surface area (Å²) < 4.78 is 23.1. The van der Waals surface area contributed by atoms with Crippen LogP contribution in [0.4, 0.5) is 5.69 Å². The van der Waals surface area contributed by atoms with Crippen molar-refractivity contribution < 1.29 is 8.42 Å². The zero-order valence-electron chi connectivity index (χ0n) is 11.7. The maximum Gasteiger partial charge on any atom is 0.153 e. The Labute approximate surface area is 125 Å². The molecule has 1 atom stereocenters. The van der Waals surface area contributed by atoms with Gasteiger partial charge in [0, 0.05) is 19.1 Å². The summed E-state index contributed by atoms with van der Waals surface area (Å²) in [6.07, 6.45) is 1.66. The predicted octanol–water partition coefficient (Wildman–Crippen LogP) is 1.85. The predicted molar refractivity (Wildman–Crippen MR) is 84.3 cm³/mol. The lowest BCUT2D eigenvalue weighted by molar-refractivity contribution is 0.586. The molecule has 1 saturated heterocycles. The molecule has 0 amide bonds. The van der Waals surface area contributed by atoms with Crippen molar-refractivity contribution in [3.8, 4) is 0 Å². The average Bonchev–Trinajstić information content (AvgIpc) is 2.40. The maximum atomic E-state index is 11.5. The van der Waals surface area contributed by atoms with Crippen molar-refractivity contribution in [1.82, 2.24) is 0 Å². The monoisotopic (exact) mass is 316 g/mol. The largest absolute Gasteiger partial charge is 0.368 e. The average molecular weight is 317 g/mol. The molecule has 20 heavy (non-hydrogen) atoms. The highest BCUT2D eigenvalue weighted by Crippen LogP contribution is 2.32. The van der Waals surface area contributed by atoms with Gasteiger partial charge < -0.3 is 10.6 Å². The summed E-state index contributed by atoms with van der Waals surface area (Å²) in [5.74, 6) is 0.384. The molecule has 0 radical (unpaired) electrons. The van der Waals surface area contributed by atoms with Gasteiger partial charge in [-0.1, -0.05) is 30.7 Å². The summed E-state index contributed by atoms with van der Waals surface area (Å²) >= 11 is 6.33. The van der Waals surface area contributed by atoms with Crippen LogP contribution in [0, 0.1) is 0 Å². The smallest absolute Gasteiger partial charge is 0.153 e. The minimum absolute atomic E-state index is 0.0979. The van der Waals surface area contributed by atoms with Crippen LogP contribution in [-0.2, 0) is 16.3 Å².